The van der Waals surface area contributed by atoms with Crippen LogP contribution in [0.4, 0.5) is 0 Å². The number of carbonyl (C=O) groups is 1. The molecule has 0 aliphatic heterocycles. The highest BCUT2D eigenvalue weighted by Gasteiger charge is 2.40. The summed E-state index contributed by atoms with van der Waals surface area (Å²) < 4.78 is 27.6. The predicted octanol–water partition coefficient (Wildman–Crippen LogP) is 3.61. The molecule has 3 N–H and O–H groups in total. The predicted molar refractivity (Wildman–Crippen MR) is 89.9 cm³/mol. The Labute approximate surface area is 145 Å². The van der Waals surface area contributed by atoms with E-state index in [4.69, 9.17) is 21.4 Å². The van der Waals surface area contributed by atoms with Gasteiger partial charge in [0.1, 0.15) is 17.1 Å². The number of hydrogen-bond donors (Lipinski definition) is 3. The molecule has 0 aromatic heterocycles. The third-order valence-electron chi connectivity index (χ3n) is 3.51. The summed E-state index contributed by atoms with van der Waals surface area (Å²) in [6, 6.07) is 9.85. The minimum Gasteiger partial charge on any atom is -0.507 e. The largest absolute Gasteiger partial charge is 0.507 e. The van der Waals surface area contributed by atoms with Crippen LogP contribution in [-0.2, 0) is 16.0 Å². The zero-order valence-electron chi connectivity index (χ0n) is 12.6. The molecule has 0 spiro atoms. The molecule has 24 heavy (non-hydrogen) atoms. The lowest BCUT2D eigenvalue weighted by Crippen LogP contribution is -2.37. The van der Waals surface area contributed by atoms with Crippen LogP contribution in [0.2, 0.25) is 5.02 Å². The summed E-state index contributed by atoms with van der Waals surface area (Å²) in [6.45, 7) is 1.67. The SMILES string of the molecule is CCC(Oc1ccc(O)c(C(=O)O)c1)(c1ccc(Cl)cc1)S(=O)O. The van der Waals surface area contributed by atoms with Crippen molar-refractivity contribution in [3.05, 3.63) is 58.6 Å². The summed E-state index contributed by atoms with van der Waals surface area (Å²) in [5.41, 5.74) is 0.0533. The number of carboxylic acids is 1. The second-order valence-corrected chi connectivity index (χ2v) is 6.54. The lowest BCUT2D eigenvalue weighted by Gasteiger charge is -2.30. The number of aromatic hydroxyl groups is 1. The molecule has 2 unspecified atom stereocenters. The number of hydrogen-bond acceptors (Lipinski definition) is 4. The second kappa shape index (κ2) is 7.21. The molecular weight excluding hydrogens is 356 g/mol. The van der Waals surface area contributed by atoms with Gasteiger partial charge in [-0.05, 0) is 30.3 Å². The first-order valence-corrected chi connectivity index (χ1v) is 8.41. The summed E-state index contributed by atoms with van der Waals surface area (Å²) >= 11 is 3.43. The molecule has 0 saturated heterocycles. The highest BCUT2D eigenvalue weighted by Crippen LogP contribution is 2.36. The van der Waals surface area contributed by atoms with Gasteiger partial charge in [0, 0.05) is 17.0 Å². The van der Waals surface area contributed by atoms with Crippen LogP contribution in [0.5, 0.6) is 11.5 Å². The van der Waals surface area contributed by atoms with Crippen LogP contribution in [0.15, 0.2) is 42.5 Å². The molecule has 2 aromatic rings. The molecule has 128 valence electrons. The molecule has 2 atom stereocenters. The Bertz CT molecular complexity index is 777. The summed E-state index contributed by atoms with van der Waals surface area (Å²) in [4.78, 5) is 9.51. The Hall–Kier alpha value is -2.09. The number of carboxylic acid groups (broad SMARTS) is 1. The van der Waals surface area contributed by atoms with E-state index in [0.717, 1.165) is 12.1 Å². The first kappa shape index (κ1) is 18.3. The average molecular weight is 371 g/mol. The van der Waals surface area contributed by atoms with Crippen molar-refractivity contribution in [1.82, 2.24) is 0 Å². The van der Waals surface area contributed by atoms with Gasteiger partial charge in [0.15, 0.2) is 0 Å². The fraction of sp³-hybridized carbons (Fsp3) is 0.188. The van der Waals surface area contributed by atoms with Crippen LogP contribution in [0.3, 0.4) is 0 Å². The van der Waals surface area contributed by atoms with Crippen molar-refractivity contribution in [3.63, 3.8) is 0 Å². The smallest absolute Gasteiger partial charge is 0.339 e. The molecule has 2 rings (SSSR count). The third-order valence-corrected chi connectivity index (χ3v) is 4.94. The van der Waals surface area contributed by atoms with Crippen LogP contribution in [0.1, 0.15) is 29.3 Å². The van der Waals surface area contributed by atoms with Gasteiger partial charge in [0.2, 0.25) is 16.0 Å². The van der Waals surface area contributed by atoms with Crippen molar-refractivity contribution < 1.29 is 28.5 Å². The van der Waals surface area contributed by atoms with Crippen LogP contribution in [0, 0.1) is 0 Å². The highest BCUT2D eigenvalue weighted by molar-refractivity contribution is 7.80. The number of aromatic carboxylic acids is 1. The van der Waals surface area contributed by atoms with Crippen LogP contribution < -0.4 is 4.74 Å². The van der Waals surface area contributed by atoms with E-state index in [1.807, 2.05) is 0 Å². The van der Waals surface area contributed by atoms with E-state index in [1.54, 1.807) is 31.2 Å². The van der Waals surface area contributed by atoms with Gasteiger partial charge in [0.05, 0.1) is 0 Å². The van der Waals surface area contributed by atoms with Crippen molar-refractivity contribution in [1.29, 1.82) is 0 Å². The normalized spacial score (nSPS) is 14.6. The second-order valence-electron chi connectivity index (χ2n) is 4.95. The van der Waals surface area contributed by atoms with Gasteiger partial charge >= 0.3 is 5.97 Å². The monoisotopic (exact) mass is 370 g/mol. The molecule has 0 heterocycles. The number of ether oxygens (including phenoxy) is 1. The molecule has 0 aliphatic carbocycles. The van der Waals surface area contributed by atoms with E-state index in [-0.39, 0.29) is 17.7 Å². The summed E-state index contributed by atoms with van der Waals surface area (Å²) in [5.74, 6) is -1.71. The molecule has 0 fully saturated rings. The Balaban J connectivity index is 2.51. The van der Waals surface area contributed by atoms with Crippen molar-refractivity contribution >= 4 is 28.7 Å². The van der Waals surface area contributed by atoms with Gasteiger partial charge in [-0.15, -0.1) is 0 Å². The topological polar surface area (TPSA) is 104 Å². The van der Waals surface area contributed by atoms with Gasteiger partial charge in [-0.3, -0.25) is 0 Å². The fourth-order valence-electron chi connectivity index (χ4n) is 2.24. The maximum atomic E-state index is 12.0. The van der Waals surface area contributed by atoms with E-state index in [0.29, 0.717) is 10.6 Å². The molecule has 0 amide bonds. The minimum atomic E-state index is -2.42. The van der Waals surface area contributed by atoms with Gasteiger partial charge in [0.25, 0.3) is 0 Å². The molecule has 0 bridgehead atoms. The van der Waals surface area contributed by atoms with Crippen LogP contribution in [0.25, 0.3) is 0 Å². The number of benzene rings is 2. The quantitative estimate of drug-likeness (QED) is 0.671. The Morgan fingerprint density at radius 2 is 1.88 bits per heavy atom. The maximum Gasteiger partial charge on any atom is 0.339 e. The van der Waals surface area contributed by atoms with Crippen LogP contribution >= 0.6 is 11.6 Å². The number of rotatable bonds is 6. The Morgan fingerprint density at radius 1 is 1.25 bits per heavy atom. The molecule has 2 aromatic carbocycles. The average Bonchev–Trinajstić information content (AvgIpc) is 2.54. The molecule has 8 heteroatoms. The fourth-order valence-corrected chi connectivity index (χ4v) is 3.12. The lowest BCUT2D eigenvalue weighted by molar-refractivity contribution is 0.0692. The summed E-state index contributed by atoms with van der Waals surface area (Å²) in [7, 11) is 0. The summed E-state index contributed by atoms with van der Waals surface area (Å²) in [5, 5.41) is 19.1. The molecule has 0 radical (unpaired) electrons. The maximum absolute atomic E-state index is 12.0. The molecule has 0 aliphatic rings. The van der Waals surface area contributed by atoms with E-state index < -0.39 is 27.7 Å². The van der Waals surface area contributed by atoms with Gasteiger partial charge in [-0.2, -0.15) is 0 Å². The molecule has 6 nitrogen and oxygen atoms in total. The van der Waals surface area contributed by atoms with Crippen molar-refractivity contribution in [2.45, 2.75) is 18.3 Å². The highest BCUT2D eigenvalue weighted by atomic mass is 35.5. The van der Waals surface area contributed by atoms with Crippen LogP contribution in [-0.4, -0.2) is 24.9 Å². The minimum absolute atomic E-state index is 0.0457. The van der Waals surface area contributed by atoms with E-state index in [9.17, 15) is 18.7 Å². The standard InChI is InChI=1S/C16H15ClO6S/c1-2-16(24(21)22,10-3-5-11(17)6-4-10)23-12-7-8-14(18)13(9-12)15(19)20/h3-9,18H,2H2,1H3,(H,19,20)(H,21,22). The van der Waals surface area contributed by atoms with Crippen molar-refractivity contribution in [2.24, 2.45) is 0 Å². The van der Waals surface area contributed by atoms with E-state index >= 15 is 0 Å². The van der Waals surface area contributed by atoms with Gasteiger partial charge in [-0.25, -0.2) is 9.00 Å². The van der Waals surface area contributed by atoms with Crippen molar-refractivity contribution in [2.75, 3.05) is 0 Å². The van der Waals surface area contributed by atoms with Crippen molar-refractivity contribution in [3.8, 4) is 11.5 Å². The molecule has 0 saturated carbocycles. The first-order chi connectivity index (χ1) is 11.3. The van der Waals surface area contributed by atoms with Gasteiger partial charge < -0.3 is 19.5 Å². The van der Waals surface area contributed by atoms with E-state index in [2.05, 4.69) is 0 Å². The zero-order chi connectivity index (χ0) is 17.9. The Kier molecular flexibility index (Phi) is 5.48. The lowest BCUT2D eigenvalue weighted by atomic mass is 10.1. The third kappa shape index (κ3) is 3.53. The first-order valence-electron chi connectivity index (χ1n) is 6.92. The number of phenols is 1. The van der Waals surface area contributed by atoms with E-state index in [1.165, 1.54) is 6.07 Å². The summed E-state index contributed by atoms with van der Waals surface area (Å²) in [6.07, 6.45) is 0.140. The molecular formula is C16H15ClO6S. The Morgan fingerprint density at radius 3 is 2.38 bits per heavy atom. The number of halogens is 1. The van der Waals surface area contributed by atoms with Gasteiger partial charge in [-0.1, -0.05) is 30.7 Å². The zero-order valence-corrected chi connectivity index (χ0v) is 14.2.